The molecule has 0 amide bonds. The van der Waals surface area contributed by atoms with E-state index in [-0.39, 0.29) is 28.2 Å². The van der Waals surface area contributed by atoms with Crippen molar-refractivity contribution >= 4 is 11.6 Å². The van der Waals surface area contributed by atoms with Crippen LogP contribution in [0, 0.1) is 0 Å². The van der Waals surface area contributed by atoms with Crippen molar-refractivity contribution < 1.29 is 14.3 Å². The number of hydrogen-bond acceptors (Lipinski definition) is 4. The molecule has 5 heteroatoms. The van der Waals surface area contributed by atoms with Gasteiger partial charge in [0.05, 0.1) is 12.7 Å². The van der Waals surface area contributed by atoms with Crippen LogP contribution in [-0.4, -0.2) is 23.7 Å². The molecule has 0 radical (unpaired) electrons. The molecular weight excluding hydrogens is 318 g/mol. The lowest BCUT2D eigenvalue weighted by molar-refractivity contribution is 0.0974. The van der Waals surface area contributed by atoms with Gasteiger partial charge in [-0.1, -0.05) is 30.3 Å². The number of ketones is 2. The maximum atomic E-state index is 12.8. The van der Waals surface area contributed by atoms with E-state index in [4.69, 9.17) is 4.74 Å². The quantitative estimate of drug-likeness (QED) is 0.613. The minimum absolute atomic E-state index is 0.0361. The molecule has 25 heavy (non-hydrogen) atoms. The van der Waals surface area contributed by atoms with Gasteiger partial charge in [-0.05, 0) is 23.8 Å². The van der Waals surface area contributed by atoms with Crippen molar-refractivity contribution in [2.45, 2.75) is 0 Å². The van der Waals surface area contributed by atoms with E-state index in [1.54, 1.807) is 12.1 Å². The molecule has 3 aromatic rings. The van der Waals surface area contributed by atoms with Crippen LogP contribution in [-0.2, 0) is 0 Å². The van der Waals surface area contributed by atoms with Gasteiger partial charge in [-0.2, -0.15) is 0 Å². The number of pyridine rings is 1. The number of H-pyrrole nitrogens is 1. The van der Waals surface area contributed by atoms with Gasteiger partial charge >= 0.3 is 0 Å². The second-order valence-electron chi connectivity index (χ2n) is 5.73. The Morgan fingerprint density at radius 2 is 1.60 bits per heavy atom. The number of hydrogen-bond donors (Lipinski definition) is 1. The molecule has 1 heterocycles. The molecule has 2 aromatic carbocycles. The molecule has 0 bridgehead atoms. The summed E-state index contributed by atoms with van der Waals surface area (Å²) in [6.07, 6.45) is 0. The number of carbonyl (C=O) groups excluding carboxylic acids is 2. The van der Waals surface area contributed by atoms with Crippen LogP contribution in [0.3, 0.4) is 0 Å². The van der Waals surface area contributed by atoms with Crippen LogP contribution in [0.2, 0.25) is 0 Å². The summed E-state index contributed by atoms with van der Waals surface area (Å²) in [7, 11) is 1.48. The van der Waals surface area contributed by atoms with E-state index in [2.05, 4.69) is 4.98 Å². The van der Waals surface area contributed by atoms with Crippen molar-refractivity contribution in [3.63, 3.8) is 0 Å². The van der Waals surface area contributed by atoms with Crippen molar-refractivity contribution in [3.05, 3.63) is 87.2 Å². The van der Waals surface area contributed by atoms with E-state index in [0.29, 0.717) is 11.4 Å². The predicted octanol–water partition coefficient (Wildman–Crippen LogP) is 2.83. The molecule has 0 aliphatic heterocycles. The normalized spacial score (nSPS) is 12.5. The number of aromatic amines is 1. The standard InChI is InChI=1S/C20H13NO4/c1-25-12-7-8-13-14(9-12)19(23)17-16(22)10-15(21-18(17)20(13)24)11-5-3-2-4-6-11/h2-10H,1H3,(H,21,22). The maximum Gasteiger partial charge on any atom is 0.210 e. The van der Waals surface area contributed by atoms with Crippen LogP contribution in [0.5, 0.6) is 5.75 Å². The number of rotatable bonds is 2. The van der Waals surface area contributed by atoms with E-state index in [0.717, 1.165) is 5.56 Å². The minimum atomic E-state index is -0.473. The summed E-state index contributed by atoms with van der Waals surface area (Å²) in [5.41, 5.74) is 1.17. The largest absolute Gasteiger partial charge is 0.497 e. The Labute approximate surface area is 142 Å². The molecule has 122 valence electrons. The molecule has 0 atom stereocenters. The van der Waals surface area contributed by atoms with Gasteiger partial charge in [-0.15, -0.1) is 0 Å². The van der Waals surface area contributed by atoms with Crippen molar-refractivity contribution in [2.75, 3.05) is 7.11 Å². The third-order valence-electron chi connectivity index (χ3n) is 4.29. The van der Waals surface area contributed by atoms with Crippen LogP contribution in [0.25, 0.3) is 11.3 Å². The van der Waals surface area contributed by atoms with E-state index in [1.807, 2.05) is 30.3 Å². The fourth-order valence-electron chi connectivity index (χ4n) is 3.03. The van der Waals surface area contributed by atoms with Crippen molar-refractivity contribution in [1.29, 1.82) is 0 Å². The van der Waals surface area contributed by atoms with E-state index >= 15 is 0 Å². The molecular formula is C20H13NO4. The topological polar surface area (TPSA) is 76.2 Å². The van der Waals surface area contributed by atoms with Crippen LogP contribution in [0.4, 0.5) is 0 Å². The van der Waals surface area contributed by atoms with Gasteiger partial charge < -0.3 is 9.72 Å². The van der Waals surface area contributed by atoms with Gasteiger partial charge in [0.25, 0.3) is 0 Å². The minimum Gasteiger partial charge on any atom is -0.497 e. The Kier molecular flexibility index (Phi) is 3.35. The highest BCUT2D eigenvalue weighted by Crippen LogP contribution is 2.29. The summed E-state index contributed by atoms with van der Waals surface area (Å²) in [6, 6.07) is 15.2. The predicted molar refractivity (Wildman–Crippen MR) is 92.4 cm³/mol. The fraction of sp³-hybridized carbons (Fsp3) is 0.0500. The molecule has 1 N–H and O–H groups in total. The zero-order valence-corrected chi connectivity index (χ0v) is 13.3. The molecule has 0 saturated heterocycles. The third kappa shape index (κ3) is 2.29. The van der Waals surface area contributed by atoms with Gasteiger partial charge in [-0.25, -0.2) is 0 Å². The first kappa shape index (κ1) is 15.1. The molecule has 1 aromatic heterocycles. The second-order valence-corrected chi connectivity index (χ2v) is 5.73. The summed E-state index contributed by atoms with van der Waals surface area (Å²) in [5, 5.41) is 0. The zero-order valence-electron chi connectivity index (χ0n) is 13.3. The summed E-state index contributed by atoms with van der Waals surface area (Å²) >= 11 is 0. The lowest BCUT2D eigenvalue weighted by atomic mass is 9.86. The Bertz CT molecular complexity index is 1080. The first-order chi connectivity index (χ1) is 12.1. The molecule has 0 spiro atoms. The van der Waals surface area contributed by atoms with Gasteiger partial charge in [0, 0.05) is 22.9 Å². The number of fused-ring (bicyclic) bond motifs is 2. The lowest BCUT2D eigenvalue weighted by Crippen LogP contribution is -2.29. The number of nitrogens with one attached hydrogen (secondary N) is 1. The molecule has 0 fully saturated rings. The summed E-state index contributed by atoms with van der Waals surface area (Å²) in [6.45, 7) is 0. The average Bonchev–Trinajstić information content (AvgIpc) is 2.65. The van der Waals surface area contributed by atoms with E-state index in [1.165, 1.54) is 19.2 Å². The first-order valence-corrected chi connectivity index (χ1v) is 7.70. The lowest BCUT2D eigenvalue weighted by Gasteiger charge is -2.18. The Hall–Kier alpha value is -3.47. The molecule has 0 unspecified atom stereocenters. The summed E-state index contributed by atoms with van der Waals surface area (Å²) in [5.74, 6) is -0.382. The maximum absolute atomic E-state index is 12.8. The fourth-order valence-corrected chi connectivity index (χ4v) is 3.03. The number of methoxy groups -OCH3 is 1. The molecule has 0 saturated carbocycles. The number of aromatic nitrogens is 1. The highest BCUT2D eigenvalue weighted by molar-refractivity contribution is 6.27. The van der Waals surface area contributed by atoms with Crippen molar-refractivity contribution in [1.82, 2.24) is 4.98 Å². The van der Waals surface area contributed by atoms with E-state index in [9.17, 15) is 14.4 Å². The van der Waals surface area contributed by atoms with Gasteiger partial charge in [0.1, 0.15) is 11.4 Å². The first-order valence-electron chi connectivity index (χ1n) is 7.70. The Balaban J connectivity index is 1.95. The SMILES string of the molecule is COc1ccc2c(c1)C(=O)c1c([nH]c(-c3ccccc3)cc1=O)C2=O. The van der Waals surface area contributed by atoms with Gasteiger partial charge in [0.15, 0.2) is 11.2 Å². The zero-order chi connectivity index (χ0) is 17.6. The van der Waals surface area contributed by atoms with Crippen LogP contribution in [0.1, 0.15) is 32.0 Å². The van der Waals surface area contributed by atoms with Gasteiger partial charge in [0.2, 0.25) is 5.78 Å². The van der Waals surface area contributed by atoms with Crippen LogP contribution in [0.15, 0.2) is 59.4 Å². The number of benzene rings is 2. The monoisotopic (exact) mass is 331 g/mol. The highest BCUT2D eigenvalue weighted by Gasteiger charge is 2.33. The molecule has 1 aliphatic rings. The smallest absolute Gasteiger partial charge is 0.210 e. The second kappa shape index (κ2) is 5.56. The molecule has 1 aliphatic carbocycles. The Morgan fingerprint density at radius 1 is 0.840 bits per heavy atom. The summed E-state index contributed by atoms with van der Waals surface area (Å²) < 4.78 is 5.11. The number of carbonyl (C=O) groups is 2. The van der Waals surface area contributed by atoms with Crippen LogP contribution >= 0.6 is 0 Å². The summed E-state index contributed by atoms with van der Waals surface area (Å²) in [4.78, 5) is 41.1. The Morgan fingerprint density at radius 3 is 2.32 bits per heavy atom. The van der Waals surface area contributed by atoms with Crippen LogP contribution < -0.4 is 10.2 Å². The third-order valence-corrected chi connectivity index (χ3v) is 4.29. The highest BCUT2D eigenvalue weighted by atomic mass is 16.5. The molecule has 4 rings (SSSR count). The van der Waals surface area contributed by atoms with E-state index < -0.39 is 11.2 Å². The molecule has 5 nitrogen and oxygen atoms in total. The average molecular weight is 331 g/mol. The van der Waals surface area contributed by atoms with Crippen molar-refractivity contribution in [2.24, 2.45) is 0 Å². The van der Waals surface area contributed by atoms with Gasteiger partial charge in [-0.3, -0.25) is 14.4 Å². The van der Waals surface area contributed by atoms with Crippen molar-refractivity contribution in [3.8, 4) is 17.0 Å². The number of ether oxygens (including phenoxy) is 1.